The van der Waals surface area contributed by atoms with Gasteiger partial charge in [0.15, 0.2) is 11.9 Å². The van der Waals surface area contributed by atoms with Crippen molar-refractivity contribution >= 4 is 11.5 Å². The lowest BCUT2D eigenvalue weighted by molar-refractivity contribution is -0.124. The molecule has 21 heavy (non-hydrogen) atoms. The number of aryl methyl sites for hydroxylation is 1. The van der Waals surface area contributed by atoms with E-state index in [9.17, 15) is 9.18 Å². The number of fused-ring (bicyclic) bond motifs is 1. The Morgan fingerprint density at radius 2 is 2.14 bits per heavy atom. The summed E-state index contributed by atoms with van der Waals surface area (Å²) < 4.78 is 18.8. The van der Waals surface area contributed by atoms with Crippen molar-refractivity contribution < 1.29 is 13.9 Å². The van der Waals surface area contributed by atoms with Crippen molar-refractivity contribution in [3.05, 3.63) is 59.4 Å². The summed E-state index contributed by atoms with van der Waals surface area (Å²) in [5.41, 5.74) is 2.52. The first kappa shape index (κ1) is 13.6. The fraction of sp³-hybridized carbons (Fsp3) is 0.235. The molecule has 2 aromatic carbocycles. The van der Waals surface area contributed by atoms with Gasteiger partial charge in [-0.2, -0.15) is 0 Å². The second-order valence-electron chi connectivity index (χ2n) is 5.20. The fourth-order valence-electron chi connectivity index (χ4n) is 2.45. The topological polar surface area (TPSA) is 38.3 Å². The molecule has 0 fully saturated rings. The van der Waals surface area contributed by atoms with Crippen LogP contribution in [0, 0.1) is 12.7 Å². The molecule has 0 amide bonds. The van der Waals surface area contributed by atoms with Crippen LogP contribution in [-0.2, 0) is 11.2 Å². The van der Waals surface area contributed by atoms with E-state index in [-0.39, 0.29) is 18.0 Å². The Kier molecular flexibility index (Phi) is 3.60. The molecule has 1 atom stereocenters. The van der Waals surface area contributed by atoms with E-state index in [0.29, 0.717) is 12.3 Å². The molecule has 1 aliphatic rings. The van der Waals surface area contributed by atoms with Gasteiger partial charge >= 0.3 is 0 Å². The molecular weight excluding hydrogens is 269 g/mol. The first-order valence-electron chi connectivity index (χ1n) is 6.91. The quantitative estimate of drug-likeness (QED) is 0.941. The van der Waals surface area contributed by atoms with Crippen LogP contribution in [0.1, 0.15) is 11.1 Å². The molecule has 3 rings (SSSR count). The summed E-state index contributed by atoms with van der Waals surface area (Å²) in [6.07, 6.45) is -0.259. The molecule has 0 saturated carbocycles. The van der Waals surface area contributed by atoms with Crippen LogP contribution in [0.2, 0.25) is 0 Å². The van der Waals surface area contributed by atoms with E-state index in [4.69, 9.17) is 4.74 Å². The normalized spacial score (nSPS) is 16.6. The number of para-hydroxylation sites is 2. The highest BCUT2D eigenvalue weighted by atomic mass is 19.1. The lowest BCUT2D eigenvalue weighted by Gasteiger charge is -2.26. The van der Waals surface area contributed by atoms with E-state index in [1.807, 2.05) is 24.3 Å². The van der Waals surface area contributed by atoms with Gasteiger partial charge in [0.1, 0.15) is 11.6 Å². The monoisotopic (exact) mass is 285 g/mol. The van der Waals surface area contributed by atoms with Gasteiger partial charge in [-0.1, -0.05) is 18.2 Å². The maximum absolute atomic E-state index is 13.1. The maximum atomic E-state index is 13.1. The molecular formula is C17H16FNO2. The number of ether oxygens (including phenoxy) is 1. The van der Waals surface area contributed by atoms with Crippen LogP contribution in [0.4, 0.5) is 10.1 Å². The number of Topliss-reactive ketones (excluding diaryl/α,β-unsaturated/α-hetero) is 1. The first-order valence-corrected chi connectivity index (χ1v) is 6.91. The standard InChI is InChI=1S/C17H16FNO2/c1-11-8-13(18)7-6-12(11)9-15(20)17-10-19-14-4-2-3-5-16(14)21-17/h2-8,17,19H,9-10H2,1H3. The van der Waals surface area contributed by atoms with E-state index in [2.05, 4.69) is 5.32 Å². The second-order valence-corrected chi connectivity index (χ2v) is 5.20. The zero-order valence-corrected chi connectivity index (χ0v) is 11.7. The molecule has 1 unspecified atom stereocenters. The van der Waals surface area contributed by atoms with Crippen molar-refractivity contribution in [1.29, 1.82) is 0 Å². The SMILES string of the molecule is Cc1cc(F)ccc1CC(=O)C1CNc2ccccc2O1. The minimum atomic E-state index is -0.510. The minimum Gasteiger partial charge on any atom is -0.479 e. The Labute approximate surface area is 122 Å². The number of rotatable bonds is 3. The third kappa shape index (κ3) is 2.89. The Morgan fingerprint density at radius 3 is 2.95 bits per heavy atom. The number of carbonyl (C=O) groups excluding carboxylic acids is 1. The number of hydrogen-bond acceptors (Lipinski definition) is 3. The Hall–Kier alpha value is -2.36. The van der Waals surface area contributed by atoms with Gasteiger partial charge < -0.3 is 10.1 Å². The zero-order valence-electron chi connectivity index (χ0n) is 11.7. The maximum Gasteiger partial charge on any atom is 0.179 e. The smallest absolute Gasteiger partial charge is 0.179 e. The average molecular weight is 285 g/mol. The van der Waals surface area contributed by atoms with Gasteiger partial charge in [0.05, 0.1) is 12.2 Å². The Bertz CT molecular complexity index is 684. The lowest BCUT2D eigenvalue weighted by Crippen LogP contribution is -2.38. The molecule has 3 nitrogen and oxygen atoms in total. The van der Waals surface area contributed by atoms with Crippen LogP contribution >= 0.6 is 0 Å². The number of ketones is 1. The molecule has 4 heteroatoms. The van der Waals surface area contributed by atoms with Gasteiger partial charge in [-0.15, -0.1) is 0 Å². The summed E-state index contributed by atoms with van der Waals surface area (Å²) in [5, 5.41) is 3.20. The predicted octanol–water partition coefficient (Wildman–Crippen LogP) is 3.12. The molecule has 0 bridgehead atoms. The number of nitrogens with one attached hydrogen (secondary N) is 1. The van der Waals surface area contributed by atoms with Gasteiger partial charge in [-0.3, -0.25) is 4.79 Å². The summed E-state index contributed by atoms with van der Waals surface area (Å²) in [5.74, 6) is 0.401. The minimum absolute atomic E-state index is 0.00767. The third-order valence-corrected chi connectivity index (χ3v) is 3.66. The molecule has 0 aromatic heterocycles. The van der Waals surface area contributed by atoms with Crippen LogP contribution in [-0.4, -0.2) is 18.4 Å². The molecule has 0 radical (unpaired) electrons. The van der Waals surface area contributed by atoms with Gasteiger partial charge in [-0.25, -0.2) is 4.39 Å². The van der Waals surface area contributed by atoms with Crippen molar-refractivity contribution in [2.75, 3.05) is 11.9 Å². The number of carbonyl (C=O) groups is 1. The van der Waals surface area contributed by atoms with E-state index < -0.39 is 6.10 Å². The van der Waals surface area contributed by atoms with E-state index >= 15 is 0 Å². The van der Waals surface area contributed by atoms with Crippen molar-refractivity contribution in [3.8, 4) is 5.75 Å². The summed E-state index contributed by atoms with van der Waals surface area (Å²) in [4.78, 5) is 12.4. The Morgan fingerprint density at radius 1 is 1.33 bits per heavy atom. The van der Waals surface area contributed by atoms with Crippen molar-refractivity contribution in [2.24, 2.45) is 0 Å². The third-order valence-electron chi connectivity index (χ3n) is 3.66. The number of halogens is 1. The largest absolute Gasteiger partial charge is 0.479 e. The highest BCUT2D eigenvalue weighted by molar-refractivity contribution is 5.87. The molecule has 0 aliphatic carbocycles. The van der Waals surface area contributed by atoms with Gasteiger partial charge in [-0.05, 0) is 42.3 Å². The summed E-state index contributed by atoms with van der Waals surface area (Å²) in [6, 6.07) is 12.0. The molecule has 0 spiro atoms. The van der Waals surface area contributed by atoms with Crippen molar-refractivity contribution in [1.82, 2.24) is 0 Å². The zero-order chi connectivity index (χ0) is 14.8. The molecule has 1 aliphatic heterocycles. The fourth-order valence-corrected chi connectivity index (χ4v) is 2.45. The summed E-state index contributed by atoms with van der Waals surface area (Å²) >= 11 is 0. The molecule has 1 heterocycles. The highest BCUT2D eigenvalue weighted by Crippen LogP contribution is 2.28. The number of benzene rings is 2. The van der Waals surface area contributed by atoms with Crippen LogP contribution in [0.25, 0.3) is 0 Å². The molecule has 108 valence electrons. The van der Waals surface area contributed by atoms with Gasteiger partial charge in [0, 0.05) is 6.42 Å². The van der Waals surface area contributed by atoms with Crippen LogP contribution in [0.5, 0.6) is 5.75 Å². The summed E-state index contributed by atoms with van der Waals surface area (Å²) in [7, 11) is 0. The molecule has 2 aromatic rings. The van der Waals surface area contributed by atoms with Crippen molar-refractivity contribution in [3.63, 3.8) is 0 Å². The highest BCUT2D eigenvalue weighted by Gasteiger charge is 2.25. The van der Waals surface area contributed by atoms with Gasteiger partial charge in [0.2, 0.25) is 0 Å². The van der Waals surface area contributed by atoms with E-state index in [1.165, 1.54) is 12.1 Å². The van der Waals surface area contributed by atoms with E-state index in [1.54, 1.807) is 13.0 Å². The van der Waals surface area contributed by atoms with Crippen LogP contribution < -0.4 is 10.1 Å². The number of hydrogen-bond donors (Lipinski definition) is 1. The van der Waals surface area contributed by atoms with Gasteiger partial charge in [0.25, 0.3) is 0 Å². The molecule has 1 N–H and O–H groups in total. The number of anilines is 1. The van der Waals surface area contributed by atoms with Crippen molar-refractivity contribution in [2.45, 2.75) is 19.4 Å². The summed E-state index contributed by atoms with van der Waals surface area (Å²) in [6.45, 7) is 2.26. The Balaban J connectivity index is 1.72. The second kappa shape index (κ2) is 5.56. The average Bonchev–Trinajstić information content (AvgIpc) is 2.49. The van der Waals surface area contributed by atoms with E-state index in [0.717, 1.165) is 16.8 Å². The first-order chi connectivity index (χ1) is 10.1. The van der Waals surface area contributed by atoms with Crippen LogP contribution in [0.3, 0.4) is 0 Å². The van der Waals surface area contributed by atoms with Crippen LogP contribution in [0.15, 0.2) is 42.5 Å². The lowest BCUT2D eigenvalue weighted by atomic mass is 10.00. The predicted molar refractivity (Wildman–Crippen MR) is 79.2 cm³/mol. The molecule has 0 saturated heterocycles.